The molecule has 0 bridgehead atoms. The normalized spacial score (nSPS) is 11.2. The van der Waals surface area contributed by atoms with Crippen LogP contribution in [0.1, 0.15) is 56.6 Å². The highest BCUT2D eigenvalue weighted by molar-refractivity contribution is 5.92. The lowest BCUT2D eigenvalue weighted by molar-refractivity contribution is 0.0786. The van der Waals surface area contributed by atoms with Crippen molar-refractivity contribution in [1.82, 2.24) is 15.1 Å². The molecule has 1 N–H and O–H groups in total. The molecule has 134 valence electrons. The number of carbonyl (C=O) groups excluding carboxylic acids is 1. The van der Waals surface area contributed by atoms with Crippen LogP contribution in [0.15, 0.2) is 36.4 Å². The molecular formula is C20H28N4O. The SMILES string of the molecule is CCCCN(C)C(=O)c1ccc(Nc2ccc(C(C)(C)C)cc2)nn1. The Labute approximate surface area is 150 Å². The summed E-state index contributed by atoms with van der Waals surface area (Å²) in [7, 11) is 1.79. The van der Waals surface area contributed by atoms with E-state index in [-0.39, 0.29) is 11.3 Å². The highest BCUT2D eigenvalue weighted by Crippen LogP contribution is 2.24. The predicted octanol–water partition coefficient (Wildman–Crippen LogP) is 4.39. The first-order valence-electron chi connectivity index (χ1n) is 8.78. The average Bonchev–Trinajstić information content (AvgIpc) is 2.59. The lowest BCUT2D eigenvalue weighted by Crippen LogP contribution is -2.28. The Morgan fingerprint density at radius 1 is 1.08 bits per heavy atom. The topological polar surface area (TPSA) is 58.1 Å². The van der Waals surface area contributed by atoms with Crippen LogP contribution in [-0.2, 0) is 5.41 Å². The van der Waals surface area contributed by atoms with Crippen LogP contribution in [0.3, 0.4) is 0 Å². The van der Waals surface area contributed by atoms with Crippen molar-refractivity contribution in [2.75, 3.05) is 18.9 Å². The van der Waals surface area contributed by atoms with E-state index >= 15 is 0 Å². The molecule has 0 aliphatic rings. The molecule has 0 aliphatic heterocycles. The number of nitrogens with zero attached hydrogens (tertiary/aromatic N) is 3. The van der Waals surface area contributed by atoms with E-state index < -0.39 is 0 Å². The molecule has 0 saturated carbocycles. The van der Waals surface area contributed by atoms with Crippen LogP contribution >= 0.6 is 0 Å². The predicted molar refractivity (Wildman–Crippen MR) is 102 cm³/mol. The van der Waals surface area contributed by atoms with E-state index in [0.717, 1.165) is 25.1 Å². The second-order valence-electron chi connectivity index (χ2n) is 7.34. The number of hydrogen-bond acceptors (Lipinski definition) is 4. The Morgan fingerprint density at radius 3 is 2.28 bits per heavy atom. The highest BCUT2D eigenvalue weighted by atomic mass is 16.2. The first-order chi connectivity index (χ1) is 11.8. The van der Waals surface area contributed by atoms with Crippen molar-refractivity contribution in [3.63, 3.8) is 0 Å². The van der Waals surface area contributed by atoms with Gasteiger partial charge in [0, 0.05) is 19.3 Å². The first-order valence-corrected chi connectivity index (χ1v) is 8.78. The van der Waals surface area contributed by atoms with Gasteiger partial charge in [0.05, 0.1) is 0 Å². The molecule has 25 heavy (non-hydrogen) atoms. The molecular weight excluding hydrogens is 312 g/mol. The number of amides is 1. The summed E-state index contributed by atoms with van der Waals surface area (Å²) < 4.78 is 0. The summed E-state index contributed by atoms with van der Waals surface area (Å²) in [4.78, 5) is 13.9. The van der Waals surface area contributed by atoms with Gasteiger partial charge in [0.15, 0.2) is 11.5 Å². The van der Waals surface area contributed by atoms with Crippen molar-refractivity contribution in [1.29, 1.82) is 0 Å². The zero-order valence-electron chi connectivity index (χ0n) is 15.8. The molecule has 0 aliphatic carbocycles. The molecule has 1 heterocycles. The molecule has 5 nitrogen and oxygen atoms in total. The second kappa shape index (κ2) is 8.10. The molecule has 2 rings (SSSR count). The molecule has 5 heteroatoms. The maximum atomic E-state index is 12.3. The van der Waals surface area contributed by atoms with E-state index in [9.17, 15) is 4.79 Å². The van der Waals surface area contributed by atoms with Crippen molar-refractivity contribution in [2.24, 2.45) is 0 Å². The van der Waals surface area contributed by atoms with Crippen LogP contribution < -0.4 is 5.32 Å². The molecule has 1 aromatic heterocycles. The van der Waals surface area contributed by atoms with E-state index in [1.165, 1.54) is 5.56 Å². The van der Waals surface area contributed by atoms with Crippen LogP contribution in [0, 0.1) is 0 Å². The molecule has 0 radical (unpaired) electrons. The minimum atomic E-state index is -0.0953. The summed E-state index contributed by atoms with van der Waals surface area (Å²) in [5, 5.41) is 11.4. The Kier molecular flexibility index (Phi) is 6.12. The fourth-order valence-corrected chi connectivity index (χ4v) is 2.41. The van der Waals surface area contributed by atoms with Crippen molar-refractivity contribution < 1.29 is 4.79 Å². The largest absolute Gasteiger partial charge is 0.340 e. The van der Waals surface area contributed by atoms with Gasteiger partial charge >= 0.3 is 0 Å². The van der Waals surface area contributed by atoms with E-state index in [1.54, 1.807) is 24.1 Å². The second-order valence-corrected chi connectivity index (χ2v) is 7.34. The van der Waals surface area contributed by atoms with Gasteiger partial charge in [-0.05, 0) is 41.7 Å². The highest BCUT2D eigenvalue weighted by Gasteiger charge is 2.14. The maximum absolute atomic E-state index is 12.3. The minimum absolute atomic E-state index is 0.0953. The van der Waals surface area contributed by atoms with Crippen molar-refractivity contribution in [3.8, 4) is 0 Å². The monoisotopic (exact) mass is 340 g/mol. The quantitative estimate of drug-likeness (QED) is 0.847. The zero-order valence-corrected chi connectivity index (χ0v) is 15.8. The Morgan fingerprint density at radius 2 is 1.76 bits per heavy atom. The number of hydrogen-bond donors (Lipinski definition) is 1. The summed E-state index contributed by atoms with van der Waals surface area (Å²) in [5.74, 6) is 0.526. The number of aromatic nitrogens is 2. The fraction of sp³-hybridized carbons (Fsp3) is 0.450. The van der Waals surface area contributed by atoms with Crippen molar-refractivity contribution in [2.45, 2.75) is 46.0 Å². The van der Waals surface area contributed by atoms with Crippen LogP contribution in [0.4, 0.5) is 11.5 Å². The van der Waals surface area contributed by atoms with E-state index in [4.69, 9.17) is 0 Å². The summed E-state index contributed by atoms with van der Waals surface area (Å²) in [6.07, 6.45) is 2.04. The molecule has 1 amide bonds. The van der Waals surface area contributed by atoms with Gasteiger partial charge in [0.2, 0.25) is 0 Å². The van der Waals surface area contributed by atoms with Crippen LogP contribution in [0.2, 0.25) is 0 Å². The number of rotatable bonds is 6. The van der Waals surface area contributed by atoms with Crippen molar-refractivity contribution in [3.05, 3.63) is 47.7 Å². The molecule has 0 saturated heterocycles. The van der Waals surface area contributed by atoms with Gasteiger partial charge in [0.25, 0.3) is 5.91 Å². The Balaban J connectivity index is 2.01. The summed E-state index contributed by atoms with van der Waals surface area (Å²) in [6, 6.07) is 11.8. The third kappa shape index (κ3) is 5.28. The van der Waals surface area contributed by atoms with Gasteiger partial charge in [-0.15, -0.1) is 10.2 Å². The maximum Gasteiger partial charge on any atom is 0.274 e. The number of anilines is 2. The Bertz CT molecular complexity index is 687. The number of carbonyl (C=O) groups is 1. The minimum Gasteiger partial charge on any atom is -0.340 e. The van der Waals surface area contributed by atoms with Gasteiger partial charge in [-0.3, -0.25) is 4.79 Å². The molecule has 0 fully saturated rings. The van der Waals surface area contributed by atoms with Crippen molar-refractivity contribution >= 4 is 17.4 Å². The van der Waals surface area contributed by atoms with E-state index in [0.29, 0.717) is 11.5 Å². The molecule has 1 aromatic carbocycles. The lowest BCUT2D eigenvalue weighted by Gasteiger charge is -2.19. The van der Waals surface area contributed by atoms with Gasteiger partial charge in [-0.25, -0.2) is 0 Å². The molecule has 2 aromatic rings. The average molecular weight is 340 g/mol. The zero-order chi connectivity index (χ0) is 18.4. The summed E-state index contributed by atoms with van der Waals surface area (Å²) >= 11 is 0. The summed E-state index contributed by atoms with van der Waals surface area (Å²) in [6.45, 7) is 9.40. The first kappa shape index (κ1) is 18.9. The van der Waals surface area contributed by atoms with Gasteiger partial charge in [0.1, 0.15) is 0 Å². The van der Waals surface area contributed by atoms with E-state index in [2.05, 4.69) is 55.3 Å². The van der Waals surface area contributed by atoms with E-state index in [1.807, 2.05) is 12.1 Å². The molecule has 0 unspecified atom stereocenters. The number of nitrogens with one attached hydrogen (secondary N) is 1. The van der Waals surface area contributed by atoms with Gasteiger partial charge < -0.3 is 10.2 Å². The standard InChI is InChI=1S/C20H28N4O/c1-6-7-14-24(5)19(25)17-12-13-18(23-22-17)21-16-10-8-15(9-11-16)20(2,3)4/h8-13H,6-7,14H2,1-5H3,(H,21,23). The smallest absolute Gasteiger partial charge is 0.274 e. The lowest BCUT2D eigenvalue weighted by atomic mass is 9.87. The Hall–Kier alpha value is -2.43. The van der Waals surface area contributed by atoms with Crippen LogP contribution in [0.25, 0.3) is 0 Å². The molecule has 0 spiro atoms. The van der Waals surface area contributed by atoms with Crippen LogP contribution in [0.5, 0.6) is 0 Å². The molecule has 0 atom stereocenters. The van der Waals surface area contributed by atoms with Gasteiger partial charge in [-0.2, -0.15) is 0 Å². The number of unbranched alkanes of at least 4 members (excludes halogenated alkanes) is 1. The van der Waals surface area contributed by atoms with Crippen LogP contribution in [-0.4, -0.2) is 34.6 Å². The fourth-order valence-electron chi connectivity index (χ4n) is 2.41. The summed E-state index contributed by atoms with van der Waals surface area (Å²) in [5.41, 5.74) is 2.72. The number of benzene rings is 1. The van der Waals surface area contributed by atoms with Gasteiger partial charge in [-0.1, -0.05) is 46.2 Å². The third-order valence-electron chi connectivity index (χ3n) is 4.10. The third-order valence-corrected chi connectivity index (χ3v) is 4.10.